The Morgan fingerprint density at radius 2 is 2.14 bits per heavy atom. The molecule has 43 valence electrons. The van der Waals surface area contributed by atoms with E-state index in [1.54, 1.807) is 0 Å². The predicted molar refractivity (Wildman–Crippen MR) is 35.5 cm³/mol. The van der Waals surface area contributed by atoms with Crippen molar-refractivity contribution < 1.29 is 0 Å². The third kappa shape index (κ3) is 6.39. The lowest BCUT2D eigenvalue weighted by Crippen LogP contribution is -1.80. The van der Waals surface area contributed by atoms with Crippen molar-refractivity contribution in [2.24, 2.45) is 5.50 Å². The highest BCUT2D eigenvalue weighted by Crippen LogP contribution is 2.02. The Bertz CT molecular complexity index is 27.3. The zero-order valence-corrected chi connectivity index (χ0v) is 5.75. The Hall–Kier alpha value is 0.390. The molecule has 0 heterocycles. The third-order valence-electron chi connectivity index (χ3n) is 0.891. The van der Waals surface area contributed by atoms with Gasteiger partial charge in [0.1, 0.15) is 0 Å². The minimum atomic E-state index is 1.05. The lowest BCUT2D eigenvalue weighted by molar-refractivity contribution is 0.777. The highest BCUT2D eigenvalue weighted by Gasteiger charge is 1.81. The molecular weight excluding hydrogens is 105 g/mol. The smallest absolute Gasteiger partial charge is 0.000585 e. The van der Waals surface area contributed by atoms with E-state index < -0.39 is 0 Å². The van der Waals surface area contributed by atoms with Gasteiger partial charge in [0.15, 0.2) is 0 Å². The molecule has 0 bridgehead atoms. The van der Waals surface area contributed by atoms with E-state index in [1.807, 2.05) is 0 Å². The van der Waals surface area contributed by atoms with Crippen LogP contribution in [0.1, 0.15) is 26.2 Å². The van der Waals surface area contributed by atoms with Crippen LogP contribution >= 0.6 is 8.73 Å². The third-order valence-corrected chi connectivity index (χ3v) is 1.47. The van der Waals surface area contributed by atoms with Crippen LogP contribution in [0.4, 0.5) is 0 Å². The van der Waals surface area contributed by atoms with Crippen LogP contribution in [-0.4, -0.2) is 6.16 Å². The first-order valence-electron chi connectivity index (χ1n) is 2.78. The van der Waals surface area contributed by atoms with Crippen molar-refractivity contribution in [3.8, 4) is 0 Å². The van der Waals surface area contributed by atoms with Gasteiger partial charge in [-0.05, 0) is 21.3 Å². The fourth-order valence-electron chi connectivity index (χ4n) is 0.453. The van der Waals surface area contributed by atoms with E-state index in [4.69, 9.17) is 5.50 Å². The second kappa shape index (κ2) is 6.39. The molecule has 0 aromatic rings. The molecule has 0 aliphatic rings. The minimum absolute atomic E-state index is 1.05. The summed E-state index contributed by atoms with van der Waals surface area (Å²) in [6.07, 6.45) is 5.11. The van der Waals surface area contributed by atoms with Gasteiger partial charge in [0.05, 0.1) is 0 Å². The molecule has 1 radical (unpaired) electrons. The van der Waals surface area contributed by atoms with E-state index >= 15 is 0 Å². The number of hydrogen-bond acceptors (Lipinski definition) is 1. The summed E-state index contributed by atoms with van der Waals surface area (Å²) in [5, 5.41) is 0. The molecule has 2 heteroatoms. The standard InChI is InChI=1S/C5H13NP/c1-2-3-4-5-7-6/h2-6H2,1H3. The van der Waals surface area contributed by atoms with Gasteiger partial charge in [-0.25, -0.2) is 0 Å². The maximum absolute atomic E-state index is 5.24. The number of nitrogens with two attached hydrogens (primary N) is 1. The first-order chi connectivity index (χ1) is 3.41. The molecule has 0 aromatic carbocycles. The average molecular weight is 118 g/mol. The normalized spacial score (nSPS) is 11.1. The molecule has 2 N–H and O–H groups in total. The lowest BCUT2D eigenvalue weighted by atomic mass is 10.3. The summed E-state index contributed by atoms with van der Waals surface area (Å²) in [7, 11) is 1.05. The Labute approximate surface area is 47.5 Å². The molecule has 0 aliphatic heterocycles. The van der Waals surface area contributed by atoms with Crippen LogP contribution in [0.15, 0.2) is 0 Å². The van der Waals surface area contributed by atoms with Gasteiger partial charge in [0.25, 0.3) is 0 Å². The van der Waals surface area contributed by atoms with Crippen LogP contribution in [0.5, 0.6) is 0 Å². The average Bonchev–Trinajstić information content (AvgIpc) is 1.69. The Balaban J connectivity index is 2.45. The molecule has 0 saturated carbocycles. The van der Waals surface area contributed by atoms with Gasteiger partial charge >= 0.3 is 0 Å². The van der Waals surface area contributed by atoms with Crippen LogP contribution < -0.4 is 5.50 Å². The van der Waals surface area contributed by atoms with Gasteiger partial charge in [-0.1, -0.05) is 19.8 Å². The molecule has 0 aromatic heterocycles. The van der Waals surface area contributed by atoms with Crippen LogP contribution in [0.25, 0.3) is 0 Å². The molecule has 7 heavy (non-hydrogen) atoms. The van der Waals surface area contributed by atoms with Gasteiger partial charge in [-0.15, -0.1) is 0 Å². The van der Waals surface area contributed by atoms with Gasteiger partial charge in [-0.3, -0.25) is 0 Å². The highest BCUT2D eigenvalue weighted by atomic mass is 31.1. The van der Waals surface area contributed by atoms with Crippen molar-refractivity contribution in [1.82, 2.24) is 0 Å². The molecule has 0 amide bonds. The fraction of sp³-hybridized carbons (Fsp3) is 1.00. The number of rotatable bonds is 4. The molecule has 0 rings (SSSR count). The summed E-state index contributed by atoms with van der Waals surface area (Å²) in [6, 6.07) is 0. The van der Waals surface area contributed by atoms with E-state index in [2.05, 4.69) is 6.92 Å². The number of unbranched alkanes of at least 4 members (excludes halogenated alkanes) is 2. The second-order valence-corrected chi connectivity index (χ2v) is 2.43. The molecule has 0 saturated heterocycles. The van der Waals surface area contributed by atoms with Crippen molar-refractivity contribution in [2.75, 3.05) is 6.16 Å². The second-order valence-electron chi connectivity index (χ2n) is 1.61. The fourth-order valence-corrected chi connectivity index (χ4v) is 0.859. The summed E-state index contributed by atoms with van der Waals surface area (Å²) < 4.78 is 0. The Morgan fingerprint density at radius 3 is 2.57 bits per heavy atom. The van der Waals surface area contributed by atoms with E-state index in [9.17, 15) is 0 Å². The monoisotopic (exact) mass is 118 g/mol. The van der Waals surface area contributed by atoms with Gasteiger partial charge < -0.3 is 5.50 Å². The minimum Gasteiger partial charge on any atom is -0.305 e. The molecule has 0 spiro atoms. The highest BCUT2D eigenvalue weighted by molar-refractivity contribution is 7.35. The van der Waals surface area contributed by atoms with Crippen molar-refractivity contribution in [3.63, 3.8) is 0 Å². The summed E-state index contributed by atoms with van der Waals surface area (Å²) in [5.74, 6) is 0. The van der Waals surface area contributed by atoms with Gasteiger partial charge in [0, 0.05) is 0 Å². The molecular formula is C5H13NP. The van der Waals surface area contributed by atoms with Gasteiger partial charge in [0.2, 0.25) is 0 Å². The lowest BCUT2D eigenvalue weighted by Gasteiger charge is -1.90. The predicted octanol–water partition coefficient (Wildman–Crippen LogP) is 2.00. The molecule has 1 nitrogen and oxygen atoms in total. The maximum Gasteiger partial charge on any atom is -0.000585 e. The van der Waals surface area contributed by atoms with Crippen LogP contribution in [0.2, 0.25) is 0 Å². The zero-order chi connectivity index (χ0) is 5.54. The zero-order valence-electron chi connectivity index (χ0n) is 4.85. The SMILES string of the molecule is CCCCC[P]N. The van der Waals surface area contributed by atoms with E-state index in [-0.39, 0.29) is 0 Å². The first-order valence-corrected chi connectivity index (χ1v) is 3.93. The van der Waals surface area contributed by atoms with Crippen molar-refractivity contribution in [3.05, 3.63) is 0 Å². The quantitative estimate of drug-likeness (QED) is 0.443. The van der Waals surface area contributed by atoms with Crippen molar-refractivity contribution in [1.29, 1.82) is 0 Å². The van der Waals surface area contributed by atoms with Gasteiger partial charge in [-0.2, -0.15) is 0 Å². The summed E-state index contributed by atoms with van der Waals surface area (Å²) in [4.78, 5) is 0. The molecule has 0 atom stereocenters. The largest absolute Gasteiger partial charge is 0.305 e. The van der Waals surface area contributed by atoms with Crippen LogP contribution in [0, 0.1) is 0 Å². The van der Waals surface area contributed by atoms with E-state index in [0.29, 0.717) is 0 Å². The summed E-state index contributed by atoms with van der Waals surface area (Å²) >= 11 is 0. The first kappa shape index (κ1) is 7.39. The Morgan fingerprint density at radius 1 is 1.43 bits per heavy atom. The van der Waals surface area contributed by atoms with Crippen molar-refractivity contribution >= 4 is 8.73 Å². The maximum atomic E-state index is 5.24. The van der Waals surface area contributed by atoms with Crippen LogP contribution in [0.3, 0.4) is 0 Å². The topological polar surface area (TPSA) is 26.0 Å². The van der Waals surface area contributed by atoms with Crippen LogP contribution in [-0.2, 0) is 0 Å². The Kier molecular flexibility index (Phi) is 6.75. The molecule has 0 fully saturated rings. The van der Waals surface area contributed by atoms with E-state index in [0.717, 1.165) is 8.73 Å². The number of hydrogen-bond donors (Lipinski definition) is 1. The van der Waals surface area contributed by atoms with Crippen molar-refractivity contribution in [2.45, 2.75) is 26.2 Å². The summed E-state index contributed by atoms with van der Waals surface area (Å²) in [6.45, 7) is 2.20. The van der Waals surface area contributed by atoms with E-state index in [1.165, 1.54) is 25.4 Å². The summed E-state index contributed by atoms with van der Waals surface area (Å²) in [5.41, 5.74) is 5.24. The molecule has 0 aliphatic carbocycles. The molecule has 0 unspecified atom stereocenters.